The second kappa shape index (κ2) is 5.40. The predicted molar refractivity (Wildman–Crippen MR) is 56.3 cm³/mol. The predicted octanol–water partition coefficient (Wildman–Crippen LogP) is 4.18. The molecule has 0 spiro atoms. The third-order valence-electron chi connectivity index (χ3n) is 1.96. The summed E-state index contributed by atoms with van der Waals surface area (Å²) in [6.07, 6.45) is -10.3. The van der Waals surface area contributed by atoms with E-state index in [1.54, 1.807) is 0 Å². The van der Waals surface area contributed by atoms with E-state index in [2.05, 4.69) is 20.7 Å². The van der Waals surface area contributed by atoms with Crippen LogP contribution in [-0.2, 0) is 6.18 Å². The Balaban J connectivity index is 3.30. The van der Waals surface area contributed by atoms with Gasteiger partial charge in [0, 0.05) is 5.56 Å². The quantitative estimate of drug-likeness (QED) is 0.464. The van der Waals surface area contributed by atoms with Crippen LogP contribution in [0.15, 0.2) is 18.2 Å². The Morgan fingerprint density at radius 3 is 2.16 bits per heavy atom. The number of carbonyl (C=O) groups is 1. The molecule has 0 saturated heterocycles. The van der Waals surface area contributed by atoms with Gasteiger partial charge in [0.15, 0.2) is 5.78 Å². The highest BCUT2D eigenvalue weighted by Gasteiger charge is 2.39. The lowest BCUT2D eigenvalue weighted by atomic mass is 10.1. The molecule has 106 valence electrons. The number of ether oxygens (including phenoxy) is 1. The molecule has 0 aliphatic carbocycles. The van der Waals surface area contributed by atoms with E-state index >= 15 is 0 Å². The van der Waals surface area contributed by atoms with Crippen molar-refractivity contribution in [2.75, 3.05) is 5.33 Å². The Morgan fingerprint density at radius 2 is 1.74 bits per heavy atom. The Bertz CT molecular complexity index is 480. The van der Waals surface area contributed by atoms with E-state index in [-0.39, 0.29) is 10.9 Å². The van der Waals surface area contributed by atoms with Crippen molar-refractivity contribution in [3.8, 4) is 5.75 Å². The van der Waals surface area contributed by atoms with Gasteiger partial charge in [-0.15, -0.1) is 13.2 Å². The number of hydrogen-bond donors (Lipinski definition) is 0. The minimum absolute atomic E-state index is 0.232. The topological polar surface area (TPSA) is 26.3 Å². The smallest absolute Gasteiger partial charge is 0.405 e. The maximum absolute atomic E-state index is 12.5. The van der Waals surface area contributed by atoms with E-state index in [4.69, 9.17) is 0 Å². The summed E-state index contributed by atoms with van der Waals surface area (Å²) < 4.78 is 76.9. The van der Waals surface area contributed by atoms with E-state index in [9.17, 15) is 31.1 Å². The summed E-state index contributed by atoms with van der Waals surface area (Å²) in [7, 11) is 0. The van der Waals surface area contributed by atoms with Crippen LogP contribution in [0, 0.1) is 0 Å². The van der Waals surface area contributed by atoms with Crippen molar-refractivity contribution in [1.82, 2.24) is 0 Å². The molecule has 0 bridgehead atoms. The molecule has 0 unspecified atom stereocenters. The minimum Gasteiger partial charge on any atom is -0.405 e. The summed E-state index contributed by atoms with van der Waals surface area (Å²) in [5.41, 5.74) is -1.92. The number of alkyl halides is 7. The van der Waals surface area contributed by atoms with Crippen LogP contribution in [-0.4, -0.2) is 17.5 Å². The SMILES string of the molecule is O=C(CBr)c1ccc(C(F)(F)F)c(OC(F)(F)F)c1. The molecule has 0 atom stereocenters. The Kier molecular flexibility index (Phi) is 4.49. The summed E-state index contributed by atoms with van der Waals surface area (Å²) in [6, 6.07) is 1.58. The highest BCUT2D eigenvalue weighted by molar-refractivity contribution is 9.09. The van der Waals surface area contributed by atoms with Crippen LogP contribution in [0.5, 0.6) is 5.75 Å². The second-order valence-corrected chi connectivity index (χ2v) is 3.87. The average Bonchev–Trinajstić information content (AvgIpc) is 2.24. The van der Waals surface area contributed by atoms with Gasteiger partial charge in [0.05, 0.1) is 10.9 Å². The summed E-state index contributed by atoms with van der Waals surface area (Å²) in [4.78, 5) is 11.2. The first kappa shape index (κ1) is 15.8. The first-order valence-electron chi connectivity index (χ1n) is 4.61. The normalized spacial score (nSPS) is 12.4. The fourth-order valence-corrected chi connectivity index (χ4v) is 1.54. The maximum atomic E-state index is 12.5. The fraction of sp³-hybridized carbons (Fsp3) is 0.300. The molecular formula is C10H5BrF6O2. The molecule has 0 aliphatic rings. The number of hydrogen-bond acceptors (Lipinski definition) is 2. The molecule has 1 aromatic rings. The molecule has 0 N–H and O–H groups in total. The summed E-state index contributed by atoms with van der Waals surface area (Å²) in [5.74, 6) is -2.12. The van der Waals surface area contributed by atoms with Gasteiger partial charge >= 0.3 is 12.5 Å². The van der Waals surface area contributed by atoms with Crippen molar-refractivity contribution in [3.63, 3.8) is 0 Å². The molecule has 9 heteroatoms. The zero-order valence-corrected chi connectivity index (χ0v) is 10.5. The largest absolute Gasteiger partial charge is 0.573 e. The van der Waals surface area contributed by atoms with Gasteiger partial charge in [-0.05, 0) is 12.1 Å². The number of rotatable bonds is 3. The zero-order chi connectivity index (χ0) is 14.8. The molecule has 1 rings (SSSR count). The summed E-state index contributed by atoms with van der Waals surface area (Å²) in [6.45, 7) is 0. The van der Waals surface area contributed by atoms with Crippen molar-refractivity contribution in [2.45, 2.75) is 12.5 Å². The fourth-order valence-electron chi connectivity index (χ4n) is 1.22. The maximum Gasteiger partial charge on any atom is 0.573 e. The van der Waals surface area contributed by atoms with Crippen LogP contribution < -0.4 is 4.74 Å². The number of carbonyl (C=O) groups excluding carboxylic acids is 1. The summed E-state index contributed by atoms with van der Waals surface area (Å²) in [5, 5.41) is -0.232. The molecule has 19 heavy (non-hydrogen) atoms. The van der Waals surface area contributed by atoms with Crippen LogP contribution in [0.2, 0.25) is 0 Å². The van der Waals surface area contributed by atoms with Crippen LogP contribution >= 0.6 is 15.9 Å². The number of halogens is 7. The summed E-state index contributed by atoms with van der Waals surface area (Å²) >= 11 is 2.76. The highest BCUT2D eigenvalue weighted by Crippen LogP contribution is 2.38. The second-order valence-electron chi connectivity index (χ2n) is 3.31. The molecule has 0 aromatic heterocycles. The van der Waals surface area contributed by atoms with Crippen molar-refractivity contribution < 1.29 is 35.9 Å². The molecule has 1 aromatic carbocycles. The Morgan fingerprint density at radius 1 is 1.16 bits per heavy atom. The number of benzene rings is 1. The Labute approximate surface area is 111 Å². The molecule has 0 amide bonds. The molecule has 0 fully saturated rings. The molecule has 0 heterocycles. The standard InChI is InChI=1S/C10H5BrF6O2/c11-4-7(18)5-1-2-6(9(12,13)14)8(3-5)19-10(15,16)17/h1-3H,4H2. The third-order valence-corrected chi connectivity index (χ3v) is 2.47. The van der Waals surface area contributed by atoms with E-state index in [0.29, 0.717) is 12.1 Å². The monoisotopic (exact) mass is 350 g/mol. The third kappa shape index (κ3) is 4.41. The van der Waals surface area contributed by atoms with E-state index < -0.39 is 29.6 Å². The number of Topliss-reactive ketones (excluding diaryl/α,β-unsaturated/α-hetero) is 1. The molecule has 0 saturated carbocycles. The lowest BCUT2D eigenvalue weighted by molar-refractivity contribution is -0.276. The van der Waals surface area contributed by atoms with Gasteiger partial charge in [0.25, 0.3) is 0 Å². The van der Waals surface area contributed by atoms with Crippen LogP contribution in [0.4, 0.5) is 26.3 Å². The van der Waals surface area contributed by atoms with Crippen molar-refractivity contribution in [2.24, 2.45) is 0 Å². The van der Waals surface area contributed by atoms with Gasteiger partial charge in [-0.3, -0.25) is 4.79 Å². The van der Waals surface area contributed by atoms with Crippen LogP contribution in [0.1, 0.15) is 15.9 Å². The van der Waals surface area contributed by atoms with Crippen LogP contribution in [0.25, 0.3) is 0 Å². The van der Waals surface area contributed by atoms with E-state index in [1.807, 2.05) is 0 Å². The zero-order valence-electron chi connectivity index (χ0n) is 8.90. The van der Waals surface area contributed by atoms with Crippen molar-refractivity contribution >= 4 is 21.7 Å². The van der Waals surface area contributed by atoms with E-state index in [0.717, 1.165) is 6.07 Å². The molecule has 0 aliphatic heterocycles. The van der Waals surface area contributed by atoms with Crippen LogP contribution in [0.3, 0.4) is 0 Å². The van der Waals surface area contributed by atoms with Crippen molar-refractivity contribution in [3.05, 3.63) is 29.3 Å². The van der Waals surface area contributed by atoms with E-state index in [1.165, 1.54) is 0 Å². The van der Waals surface area contributed by atoms with Gasteiger partial charge in [-0.2, -0.15) is 13.2 Å². The molecule has 0 radical (unpaired) electrons. The highest BCUT2D eigenvalue weighted by atomic mass is 79.9. The Hall–Kier alpha value is -1.25. The molecular weight excluding hydrogens is 346 g/mol. The van der Waals surface area contributed by atoms with Crippen molar-refractivity contribution in [1.29, 1.82) is 0 Å². The average molecular weight is 351 g/mol. The first-order valence-corrected chi connectivity index (χ1v) is 5.73. The van der Waals surface area contributed by atoms with Gasteiger partial charge < -0.3 is 4.74 Å². The minimum atomic E-state index is -5.28. The molecule has 2 nitrogen and oxygen atoms in total. The van der Waals surface area contributed by atoms with Gasteiger partial charge in [-0.1, -0.05) is 22.0 Å². The number of ketones is 1. The van der Waals surface area contributed by atoms with Gasteiger partial charge in [0.2, 0.25) is 0 Å². The van der Waals surface area contributed by atoms with Gasteiger partial charge in [-0.25, -0.2) is 0 Å². The lowest BCUT2D eigenvalue weighted by Gasteiger charge is -2.16. The first-order chi connectivity index (χ1) is 8.54. The lowest BCUT2D eigenvalue weighted by Crippen LogP contribution is -2.20. The van der Waals surface area contributed by atoms with Gasteiger partial charge in [0.1, 0.15) is 5.75 Å².